The van der Waals surface area contributed by atoms with Crippen LogP contribution in [0.4, 0.5) is 0 Å². The topological polar surface area (TPSA) is 64.9 Å². The molecule has 0 radical (unpaired) electrons. The van der Waals surface area contributed by atoms with E-state index in [2.05, 4.69) is 30.9 Å². The summed E-state index contributed by atoms with van der Waals surface area (Å²) >= 11 is 0. The molecular formula is C14H25N3O. The van der Waals surface area contributed by atoms with E-state index in [9.17, 15) is 0 Å². The van der Waals surface area contributed by atoms with Crippen LogP contribution in [0.15, 0.2) is 4.52 Å². The standard InChI is InChI=1S/C14H25N3O/c1-4-11-5-7-14(15,8-6-11)13-16-12(17-18-13)9-10(2)3/h10-11H,4-9,15H2,1-3H3. The highest BCUT2D eigenvalue weighted by Crippen LogP contribution is 2.37. The Labute approximate surface area is 109 Å². The van der Waals surface area contributed by atoms with Gasteiger partial charge in [0.1, 0.15) is 0 Å². The lowest BCUT2D eigenvalue weighted by Gasteiger charge is -2.33. The van der Waals surface area contributed by atoms with Crippen LogP contribution in [0.25, 0.3) is 0 Å². The molecular weight excluding hydrogens is 226 g/mol. The van der Waals surface area contributed by atoms with Gasteiger partial charge in [0.25, 0.3) is 0 Å². The van der Waals surface area contributed by atoms with Crippen LogP contribution in [0, 0.1) is 11.8 Å². The molecule has 102 valence electrons. The van der Waals surface area contributed by atoms with E-state index in [0.29, 0.717) is 11.8 Å². The largest absolute Gasteiger partial charge is 0.337 e. The lowest BCUT2D eigenvalue weighted by Crippen LogP contribution is -2.40. The molecule has 2 N–H and O–H groups in total. The normalized spacial score (nSPS) is 28.8. The molecule has 1 aliphatic rings. The van der Waals surface area contributed by atoms with Gasteiger partial charge in [-0.1, -0.05) is 32.3 Å². The van der Waals surface area contributed by atoms with Crippen LogP contribution < -0.4 is 5.73 Å². The summed E-state index contributed by atoms with van der Waals surface area (Å²) in [6.07, 6.45) is 6.39. The van der Waals surface area contributed by atoms with Gasteiger partial charge in [-0.3, -0.25) is 0 Å². The van der Waals surface area contributed by atoms with E-state index in [1.165, 1.54) is 19.3 Å². The van der Waals surface area contributed by atoms with Crippen LogP contribution in [-0.4, -0.2) is 10.1 Å². The molecule has 4 nitrogen and oxygen atoms in total. The Hall–Kier alpha value is -0.900. The zero-order valence-corrected chi connectivity index (χ0v) is 11.8. The van der Waals surface area contributed by atoms with E-state index in [1.54, 1.807) is 0 Å². The van der Waals surface area contributed by atoms with Crippen LogP contribution in [0.3, 0.4) is 0 Å². The summed E-state index contributed by atoms with van der Waals surface area (Å²) in [6.45, 7) is 6.56. The predicted octanol–water partition coefficient (Wildman–Crippen LogP) is 3.02. The summed E-state index contributed by atoms with van der Waals surface area (Å²) < 4.78 is 5.39. The Morgan fingerprint density at radius 2 is 2.06 bits per heavy atom. The first-order valence-corrected chi connectivity index (χ1v) is 7.15. The van der Waals surface area contributed by atoms with Gasteiger partial charge in [0, 0.05) is 6.42 Å². The Morgan fingerprint density at radius 1 is 1.39 bits per heavy atom. The van der Waals surface area contributed by atoms with Crippen molar-refractivity contribution in [3.05, 3.63) is 11.7 Å². The Morgan fingerprint density at radius 3 is 2.61 bits per heavy atom. The van der Waals surface area contributed by atoms with E-state index < -0.39 is 0 Å². The molecule has 1 fully saturated rings. The summed E-state index contributed by atoms with van der Waals surface area (Å²) in [5.74, 6) is 2.80. The number of aromatic nitrogens is 2. The monoisotopic (exact) mass is 251 g/mol. The Kier molecular flexibility index (Phi) is 4.05. The summed E-state index contributed by atoms with van der Waals surface area (Å²) in [5, 5.41) is 4.05. The van der Waals surface area contributed by atoms with Gasteiger partial charge in [-0.05, 0) is 37.5 Å². The third-order valence-corrected chi connectivity index (χ3v) is 4.06. The second-order valence-corrected chi connectivity index (χ2v) is 6.12. The fourth-order valence-corrected chi connectivity index (χ4v) is 2.72. The third kappa shape index (κ3) is 2.91. The van der Waals surface area contributed by atoms with Crippen molar-refractivity contribution in [3.63, 3.8) is 0 Å². The summed E-state index contributed by atoms with van der Waals surface area (Å²) in [6, 6.07) is 0. The highest BCUT2D eigenvalue weighted by Gasteiger charge is 2.37. The SMILES string of the molecule is CCC1CCC(N)(c2nc(CC(C)C)no2)CC1. The first-order valence-electron chi connectivity index (χ1n) is 7.15. The van der Waals surface area contributed by atoms with E-state index in [0.717, 1.165) is 31.0 Å². The van der Waals surface area contributed by atoms with Crippen LogP contribution >= 0.6 is 0 Å². The van der Waals surface area contributed by atoms with Crippen molar-refractivity contribution in [2.75, 3.05) is 0 Å². The minimum Gasteiger partial charge on any atom is -0.337 e. The molecule has 0 bridgehead atoms. The minimum absolute atomic E-state index is 0.381. The van der Waals surface area contributed by atoms with Gasteiger partial charge in [-0.2, -0.15) is 4.98 Å². The van der Waals surface area contributed by atoms with E-state index in [4.69, 9.17) is 10.3 Å². The fourth-order valence-electron chi connectivity index (χ4n) is 2.72. The maximum absolute atomic E-state index is 6.45. The van der Waals surface area contributed by atoms with E-state index >= 15 is 0 Å². The predicted molar refractivity (Wildman–Crippen MR) is 71.0 cm³/mol. The highest BCUT2D eigenvalue weighted by atomic mass is 16.5. The summed E-state index contributed by atoms with van der Waals surface area (Å²) in [4.78, 5) is 4.49. The summed E-state index contributed by atoms with van der Waals surface area (Å²) in [5.41, 5.74) is 6.06. The average Bonchev–Trinajstić information content (AvgIpc) is 2.78. The molecule has 1 aromatic heterocycles. The lowest BCUT2D eigenvalue weighted by atomic mass is 9.76. The second-order valence-electron chi connectivity index (χ2n) is 6.12. The summed E-state index contributed by atoms with van der Waals surface area (Å²) in [7, 11) is 0. The molecule has 1 heterocycles. The van der Waals surface area contributed by atoms with Crippen molar-refractivity contribution >= 4 is 0 Å². The van der Waals surface area contributed by atoms with Gasteiger partial charge < -0.3 is 10.3 Å². The van der Waals surface area contributed by atoms with Crippen molar-refractivity contribution in [2.24, 2.45) is 17.6 Å². The number of nitrogens with two attached hydrogens (primary N) is 1. The van der Waals surface area contributed by atoms with Crippen LogP contribution in [-0.2, 0) is 12.0 Å². The van der Waals surface area contributed by atoms with Gasteiger partial charge in [0.2, 0.25) is 5.89 Å². The van der Waals surface area contributed by atoms with Gasteiger partial charge >= 0.3 is 0 Å². The maximum atomic E-state index is 6.45. The molecule has 1 aliphatic carbocycles. The van der Waals surface area contributed by atoms with Crippen LogP contribution in [0.5, 0.6) is 0 Å². The first-order chi connectivity index (χ1) is 8.53. The highest BCUT2D eigenvalue weighted by molar-refractivity contribution is 5.04. The first kappa shape index (κ1) is 13.5. The molecule has 0 aromatic carbocycles. The third-order valence-electron chi connectivity index (χ3n) is 4.06. The second kappa shape index (κ2) is 5.39. The van der Waals surface area contributed by atoms with Crippen LogP contribution in [0.2, 0.25) is 0 Å². The molecule has 0 saturated heterocycles. The smallest absolute Gasteiger partial charge is 0.246 e. The molecule has 0 unspecified atom stereocenters. The van der Waals surface area contributed by atoms with Crippen molar-refractivity contribution in [1.82, 2.24) is 10.1 Å². The van der Waals surface area contributed by atoms with Crippen molar-refractivity contribution in [2.45, 2.75) is 64.8 Å². The Balaban J connectivity index is 2.04. The molecule has 1 saturated carbocycles. The number of hydrogen-bond donors (Lipinski definition) is 1. The van der Waals surface area contributed by atoms with Gasteiger partial charge in [-0.15, -0.1) is 0 Å². The fraction of sp³-hybridized carbons (Fsp3) is 0.857. The zero-order valence-electron chi connectivity index (χ0n) is 11.8. The molecule has 0 spiro atoms. The molecule has 2 rings (SSSR count). The maximum Gasteiger partial charge on any atom is 0.246 e. The van der Waals surface area contributed by atoms with Gasteiger partial charge in [0.05, 0.1) is 5.54 Å². The number of nitrogens with zero attached hydrogens (tertiary/aromatic N) is 2. The quantitative estimate of drug-likeness (QED) is 0.893. The molecule has 0 aliphatic heterocycles. The van der Waals surface area contributed by atoms with Crippen LogP contribution in [0.1, 0.15) is 64.6 Å². The van der Waals surface area contributed by atoms with Gasteiger partial charge in [-0.25, -0.2) is 0 Å². The van der Waals surface area contributed by atoms with Crippen molar-refractivity contribution < 1.29 is 4.52 Å². The lowest BCUT2D eigenvalue weighted by molar-refractivity contribution is 0.181. The zero-order chi connectivity index (χ0) is 13.2. The molecule has 0 atom stereocenters. The molecule has 0 amide bonds. The van der Waals surface area contributed by atoms with Crippen molar-refractivity contribution in [3.8, 4) is 0 Å². The Bertz CT molecular complexity index is 378. The van der Waals surface area contributed by atoms with Gasteiger partial charge in [0.15, 0.2) is 5.82 Å². The molecule has 18 heavy (non-hydrogen) atoms. The number of rotatable bonds is 4. The van der Waals surface area contributed by atoms with E-state index in [-0.39, 0.29) is 5.54 Å². The average molecular weight is 251 g/mol. The minimum atomic E-state index is -0.381. The van der Waals surface area contributed by atoms with Crippen molar-refractivity contribution in [1.29, 1.82) is 0 Å². The molecule has 1 aromatic rings. The van der Waals surface area contributed by atoms with E-state index in [1.807, 2.05) is 0 Å². The molecule has 4 heteroatoms. The number of hydrogen-bond acceptors (Lipinski definition) is 4.